The predicted molar refractivity (Wildman–Crippen MR) is 107 cm³/mol. The largest absolute Gasteiger partial charge is 0.489 e. The molecule has 5 rings (SSSR count). The Morgan fingerprint density at radius 3 is 2.28 bits per heavy atom. The molecule has 0 spiro atoms. The lowest BCUT2D eigenvalue weighted by molar-refractivity contribution is 0.326. The number of hydrogen-bond donors (Lipinski definition) is 1. The quantitative estimate of drug-likeness (QED) is 0.520. The van der Waals surface area contributed by atoms with Crippen LogP contribution in [0.2, 0.25) is 0 Å². The lowest BCUT2D eigenvalue weighted by Gasteiger charge is -2.21. The maximum absolute atomic E-state index is 13.0. The molecule has 2 heterocycles. The number of ether oxygens (including phenoxy) is 3. The summed E-state index contributed by atoms with van der Waals surface area (Å²) in [5, 5.41) is 4.03. The molecule has 29 heavy (non-hydrogen) atoms. The topological polar surface area (TPSA) is 65.5 Å². The van der Waals surface area contributed by atoms with Gasteiger partial charge in [0.15, 0.2) is 5.75 Å². The zero-order chi connectivity index (χ0) is 19.6. The molecule has 0 fully saturated rings. The molecule has 0 aliphatic carbocycles. The minimum atomic E-state index is -0.306. The summed E-state index contributed by atoms with van der Waals surface area (Å²) >= 11 is 0. The van der Waals surface area contributed by atoms with Gasteiger partial charge in [0.1, 0.15) is 41.4 Å². The molecule has 1 N–H and O–H groups in total. The first-order valence-electron chi connectivity index (χ1n) is 9.12. The van der Waals surface area contributed by atoms with E-state index in [4.69, 9.17) is 14.2 Å². The van der Waals surface area contributed by atoms with Gasteiger partial charge in [0.05, 0.1) is 11.2 Å². The smallest absolute Gasteiger partial charge is 0.234 e. The lowest BCUT2D eigenvalue weighted by atomic mass is 10.1. The number of nitrogens with one attached hydrogen (secondary N) is 1. The Bertz CT molecular complexity index is 1160. The molecule has 0 amide bonds. The second kappa shape index (κ2) is 7.27. The van der Waals surface area contributed by atoms with Crippen LogP contribution in [-0.2, 0) is 0 Å². The highest BCUT2D eigenvalue weighted by Gasteiger charge is 2.18. The summed E-state index contributed by atoms with van der Waals surface area (Å²) in [6.07, 6.45) is 1.46. The van der Waals surface area contributed by atoms with Crippen molar-refractivity contribution < 1.29 is 18.6 Å². The van der Waals surface area contributed by atoms with Crippen molar-refractivity contribution in [2.45, 2.75) is 0 Å². The van der Waals surface area contributed by atoms with Crippen LogP contribution in [0.1, 0.15) is 0 Å². The Morgan fingerprint density at radius 1 is 0.828 bits per heavy atom. The van der Waals surface area contributed by atoms with Crippen LogP contribution >= 0.6 is 0 Å². The van der Waals surface area contributed by atoms with E-state index in [1.807, 2.05) is 12.1 Å². The van der Waals surface area contributed by atoms with Gasteiger partial charge >= 0.3 is 0 Å². The molecule has 0 radical (unpaired) electrons. The van der Waals surface area contributed by atoms with Gasteiger partial charge in [-0.2, -0.15) is 0 Å². The third-order valence-electron chi connectivity index (χ3n) is 4.47. The molecule has 0 saturated carbocycles. The summed E-state index contributed by atoms with van der Waals surface area (Å²) < 4.78 is 30.6. The van der Waals surface area contributed by atoms with Crippen LogP contribution in [0.25, 0.3) is 10.9 Å². The molecule has 0 unspecified atom stereocenters. The molecule has 1 aromatic heterocycles. The molecule has 0 atom stereocenters. The number of fused-ring (bicyclic) bond motifs is 3. The van der Waals surface area contributed by atoms with Crippen molar-refractivity contribution >= 4 is 16.6 Å². The van der Waals surface area contributed by atoms with E-state index in [0.717, 1.165) is 23.1 Å². The van der Waals surface area contributed by atoms with Crippen molar-refractivity contribution in [1.29, 1.82) is 0 Å². The van der Waals surface area contributed by atoms with Gasteiger partial charge in [-0.15, -0.1) is 0 Å². The molecular formula is C22H16FN3O3. The highest BCUT2D eigenvalue weighted by molar-refractivity contribution is 5.95. The fourth-order valence-electron chi connectivity index (χ4n) is 3.13. The number of benzene rings is 3. The van der Waals surface area contributed by atoms with Crippen molar-refractivity contribution in [2.75, 3.05) is 18.5 Å². The average Bonchev–Trinajstić information content (AvgIpc) is 2.76. The van der Waals surface area contributed by atoms with Crippen LogP contribution in [0, 0.1) is 5.82 Å². The van der Waals surface area contributed by atoms with Crippen molar-refractivity contribution in [1.82, 2.24) is 9.97 Å². The summed E-state index contributed by atoms with van der Waals surface area (Å²) in [5.41, 5.74) is 1.64. The molecule has 3 aromatic carbocycles. The van der Waals surface area contributed by atoms with Crippen LogP contribution in [0.4, 0.5) is 10.1 Å². The maximum Gasteiger partial charge on any atom is 0.234 e. The summed E-state index contributed by atoms with van der Waals surface area (Å²) in [7, 11) is 0. The van der Waals surface area contributed by atoms with Gasteiger partial charge < -0.3 is 19.5 Å². The van der Waals surface area contributed by atoms with Gasteiger partial charge in [-0.1, -0.05) is 0 Å². The van der Waals surface area contributed by atoms with Crippen molar-refractivity contribution in [3.8, 4) is 28.9 Å². The molecule has 4 aromatic rings. The summed E-state index contributed by atoms with van der Waals surface area (Å²) in [5.74, 6) is 2.57. The Kier molecular flexibility index (Phi) is 4.32. The summed E-state index contributed by atoms with van der Waals surface area (Å²) in [4.78, 5) is 8.61. The fraction of sp³-hybridized carbons (Fsp3) is 0.0909. The van der Waals surface area contributed by atoms with E-state index in [-0.39, 0.29) is 5.82 Å². The van der Waals surface area contributed by atoms with Crippen LogP contribution < -0.4 is 19.5 Å². The Labute approximate surface area is 165 Å². The zero-order valence-corrected chi connectivity index (χ0v) is 15.3. The van der Waals surface area contributed by atoms with Gasteiger partial charge in [0.2, 0.25) is 5.88 Å². The van der Waals surface area contributed by atoms with E-state index in [0.29, 0.717) is 35.5 Å². The van der Waals surface area contributed by atoms with Crippen molar-refractivity contribution in [3.05, 3.63) is 72.8 Å². The van der Waals surface area contributed by atoms with Gasteiger partial charge in [0.25, 0.3) is 0 Å². The molecule has 1 aliphatic heterocycles. The highest BCUT2D eigenvalue weighted by atomic mass is 19.1. The van der Waals surface area contributed by atoms with Crippen molar-refractivity contribution in [3.63, 3.8) is 0 Å². The molecular weight excluding hydrogens is 373 g/mol. The Morgan fingerprint density at radius 2 is 1.52 bits per heavy atom. The molecule has 0 saturated heterocycles. The standard InChI is InChI=1S/C22H16FN3O3/c23-14-1-3-15(4-2-14)28-16-5-7-17(8-6-16)29-22-20-18(25-13-26-22)9-10-19-21(20)27-12-11-24-19/h1-10,13,24H,11-12H2. The average molecular weight is 389 g/mol. The fourth-order valence-corrected chi connectivity index (χ4v) is 3.13. The Balaban J connectivity index is 1.41. The van der Waals surface area contributed by atoms with E-state index in [1.165, 1.54) is 18.5 Å². The molecule has 6 nitrogen and oxygen atoms in total. The number of halogens is 1. The van der Waals surface area contributed by atoms with Crippen LogP contribution in [0.3, 0.4) is 0 Å². The highest BCUT2D eigenvalue weighted by Crippen LogP contribution is 2.40. The minimum absolute atomic E-state index is 0.306. The van der Waals surface area contributed by atoms with E-state index < -0.39 is 0 Å². The van der Waals surface area contributed by atoms with Crippen molar-refractivity contribution in [2.24, 2.45) is 0 Å². The molecule has 0 bridgehead atoms. The first-order valence-corrected chi connectivity index (χ1v) is 9.12. The van der Waals surface area contributed by atoms with Gasteiger partial charge in [-0.05, 0) is 60.7 Å². The van der Waals surface area contributed by atoms with Gasteiger partial charge in [-0.3, -0.25) is 0 Å². The number of anilines is 1. The first-order chi connectivity index (χ1) is 14.3. The van der Waals surface area contributed by atoms with Gasteiger partial charge in [-0.25, -0.2) is 14.4 Å². The summed E-state index contributed by atoms with van der Waals surface area (Å²) in [6.45, 7) is 1.31. The zero-order valence-electron chi connectivity index (χ0n) is 15.3. The number of hydrogen-bond acceptors (Lipinski definition) is 6. The molecule has 7 heteroatoms. The molecule has 144 valence electrons. The molecule has 1 aliphatic rings. The second-order valence-electron chi connectivity index (χ2n) is 6.42. The normalized spacial score (nSPS) is 12.6. The summed E-state index contributed by atoms with van der Waals surface area (Å²) in [6, 6.07) is 16.8. The Hall–Kier alpha value is -3.87. The van der Waals surface area contributed by atoms with E-state index >= 15 is 0 Å². The SMILES string of the molecule is Fc1ccc(Oc2ccc(Oc3ncnc4ccc5c(c34)OCCN5)cc2)cc1. The number of rotatable bonds is 4. The van der Waals surface area contributed by atoms with E-state index in [2.05, 4.69) is 15.3 Å². The van der Waals surface area contributed by atoms with Crippen LogP contribution in [0.15, 0.2) is 67.0 Å². The van der Waals surface area contributed by atoms with Crippen LogP contribution in [0.5, 0.6) is 28.9 Å². The van der Waals surface area contributed by atoms with E-state index in [1.54, 1.807) is 36.4 Å². The monoisotopic (exact) mass is 389 g/mol. The lowest BCUT2D eigenvalue weighted by Crippen LogP contribution is -2.18. The van der Waals surface area contributed by atoms with Crippen LogP contribution in [-0.4, -0.2) is 23.1 Å². The predicted octanol–water partition coefficient (Wildman–Crippen LogP) is 5.16. The second-order valence-corrected chi connectivity index (χ2v) is 6.42. The first kappa shape index (κ1) is 17.2. The maximum atomic E-state index is 13.0. The number of aromatic nitrogens is 2. The van der Waals surface area contributed by atoms with Gasteiger partial charge in [0, 0.05) is 6.54 Å². The number of nitrogens with zero attached hydrogens (tertiary/aromatic N) is 2. The third kappa shape index (κ3) is 3.50. The minimum Gasteiger partial charge on any atom is -0.489 e. The third-order valence-corrected chi connectivity index (χ3v) is 4.47. The van der Waals surface area contributed by atoms with E-state index in [9.17, 15) is 4.39 Å².